The molecule has 0 saturated heterocycles. The molecule has 0 spiro atoms. The molecule has 0 heterocycles. The summed E-state index contributed by atoms with van der Waals surface area (Å²) in [6, 6.07) is 0. The highest BCUT2D eigenvalue weighted by atomic mass is 31.2. The number of hydrogen-bond acceptors (Lipinski definition) is 3. The first-order valence-corrected chi connectivity index (χ1v) is 4.44. The Morgan fingerprint density at radius 3 is 2.00 bits per heavy atom. The van der Waals surface area contributed by atoms with E-state index in [4.69, 9.17) is 20.6 Å². The number of nitrogens with two attached hydrogens (primary N) is 1. The van der Waals surface area contributed by atoms with Crippen LogP contribution in [0.3, 0.4) is 0 Å². The molecule has 0 aromatic rings. The molecular weight excluding hydrogens is 157 g/mol. The summed E-state index contributed by atoms with van der Waals surface area (Å²) in [5.74, 6) is 0. The molecule has 0 aromatic heterocycles. The van der Waals surface area contributed by atoms with Crippen LogP contribution in [0, 0.1) is 0 Å². The SMILES string of the molecule is CCC(N)(CO)P(=O)(O)O. The van der Waals surface area contributed by atoms with E-state index < -0.39 is 19.5 Å². The molecule has 0 bridgehead atoms. The summed E-state index contributed by atoms with van der Waals surface area (Å²) in [5, 5.41) is 6.75. The summed E-state index contributed by atoms with van der Waals surface area (Å²) < 4.78 is 10.5. The Hall–Kier alpha value is 0.0700. The molecule has 0 fully saturated rings. The van der Waals surface area contributed by atoms with Crippen molar-refractivity contribution < 1.29 is 19.5 Å². The highest BCUT2D eigenvalue weighted by Crippen LogP contribution is 2.48. The van der Waals surface area contributed by atoms with Crippen molar-refractivity contribution in [3.8, 4) is 0 Å². The Kier molecular flexibility index (Phi) is 3.00. The zero-order chi connectivity index (χ0) is 8.41. The van der Waals surface area contributed by atoms with Crippen LogP contribution in [0.4, 0.5) is 0 Å². The van der Waals surface area contributed by atoms with Gasteiger partial charge in [-0.1, -0.05) is 6.92 Å². The lowest BCUT2D eigenvalue weighted by molar-refractivity contribution is 0.209. The lowest BCUT2D eigenvalue weighted by atomic mass is 10.2. The smallest absolute Gasteiger partial charge is 0.347 e. The van der Waals surface area contributed by atoms with Gasteiger partial charge < -0.3 is 20.6 Å². The largest absolute Gasteiger partial charge is 0.394 e. The van der Waals surface area contributed by atoms with Crippen molar-refractivity contribution in [2.45, 2.75) is 18.6 Å². The quantitative estimate of drug-likeness (QED) is 0.415. The summed E-state index contributed by atoms with van der Waals surface area (Å²) in [6.45, 7) is 0.809. The Labute approximate surface area is 59.0 Å². The molecule has 1 unspecified atom stereocenters. The summed E-state index contributed by atoms with van der Waals surface area (Å²) in [7, 11) is -4.36. The van der Waals surface area contributed by atoms with Crippen molar-refractivity contribution in [3.05, 3.63) is 0 Å². The number of hydrogen-bond donors (Lipinski definition) is 4. The van der Waals surface area contributed by atoms with E-state index in [-0.39, 0.29) is 6.42 Å². The van der Waals surface area contributed by atoms with Crippen LogP contribution in [0.2, 0.25) is 0 Å². The lowest BCUT2D eigenvalue weighted by Gasteiger charge is -2.25. The van der Waals surface area contributed by atoms with Gasteiger partial charge in [-0.15, -0.1) is 0 Å². The third-order valence-electron chi connectivity index (χ3n) is 1.47. The monoisotopic (exact) mass is 169 g/mol. The molecule has 6 heteroatoms. The Bertz CT molecular complexity index is 149. The fourth-order valence-corrected chi connectivity index (χ4v) is 1.01. The van der Waals surface area contributed by atoms with Gasteiger partial charge in [-0.25, -0.2) is 0 Å². The van der Waals surface area contributed by atoms with Crippen LogP contribution in [-0.2, 0) is 4.57 Å². The Balaban J connectivity index is 4.50. The van der Waals surface area contributed by atoms with Crippen molar-refractivity contribution >= 4 is 7.60 Å². The Morgan fingerprint density at radius 2 is 2.00 bits per heavy atom. The van der Waals surface area contributed by atoms with E-state index in [1.807, 2.05) is 0 Å². The molecule has 0 saturated carbocycles. The average molecular weight is 169 g/mol. The van der Waals surface area contributed by atoms with Gasteiger partial charge in [-0.3, -0.25) is 4.57 Å². The fraction of sp³-hybridized carbons (Fsp3) is 1.00. The maximum absolute atomic E-state index is 10.5. The summed E-state index contributed by atoms with van der Waals surface area (Å²) >= 11 is 0. The number of aliphatic hydroxyl groups excluding tert-OH is 1. The van der Waals surface area contributed by atoms with Crippen LogP contribution >= 0.6 is 7.60 Å². The molecule has 0 aliphatic heterocycles. The molecule has 0 aromatic carbocycles. The molecule has 0 aliphatic rings. The predicted molar refractivity (Wildman–Crippen MR) is 36.3 cm³/mol. The van der Waals surface area contributed by atoms with Gasteiger partial charge in [0.15, 0.2) is 0 Å². The highest BCUT2D eigenvalue weighted by molar-refractivity contribution is 7.53. The van der Waals surface area contributed by atoms with Gasteiger partial charge in [-0.2, -0.15) is 0 Å². The molecule has 0 amide bonds. The van der Waals surface area contributed by atoms with Crippen LogP contribution in [0.1, 0.15) is 13.3 Å². The van der Waals surface area contributed by atoms with Crippen molar-refractivity contribution in [3.63, 3.8) is 0 Å². The van der Waals surface area contributed by atoms with E-state index in [2.05, 4.69) is 0 Å². The summed E-state index contributed by atoms with van der Waals surface area (Å²) in [5.41, 5.74) is 5.16. The molecule has 5 nitrogen and oxygen atoms in total. The molecule has 0 aliphatic carbocycles. The molecule has 1 atom stereocenters. The normalized spacial score (nSPS) is 18.5. The first kappa shape index (κ1) is 10.1. The minimum atomic E-state index is -4.36. The summed E-state index contributed by atoms with van der Waals surface area (Å²) in [4.78, 5) is 17.1. The second kappa shape index (κ2) is 2.98. The molecule has 10 heavy (non-hydrogen) atoms. The van der Waals surface area contributed by atoms with Crippen molar-refractivity contribution in [1.82, 2.24) is 0 Å². The third kappa shape index (κ3) is 1.78. The van der Waals surface area contributed by atoms with E-state index in [0.29, 0.717) is 0 Å². The Morgan fingerprint density at radius 1 is 1.60 bits per heavy atom. The highest BCUT2D eigenvalue weighted by Gasteiger charge is 2.40. The molecule has 0 rings (SSSR count). The van der Waals surface area contributed by atoms with Crippen LogP contribution in [0.15, 0.2) is 0 Å². The van der Waals surface area contributed by atoms with E-state index in [0.717, 1.165) is 0 Å². The van der Waals surface area contributed by atoms with Crippen LogP contribution in [0.5, 0.6) is 0 Å². The van der Waals surface area contributed by atoms with E-state index in [1.165, 1.54) is 6.92 Å². The molecule has 0 radical (unpaired) electrons. The van der Waals surface area contributed by atoms with E-state index in [1.54, 1.807) is 0 Å². The zero-order valence-corrected chi connectivity index (χ0v) is 6.58. The van der Waals surface area contributed by atoms with Gasteiger partial charge in [0.05, 0.1) is 6.61 Å². The van der Waals surface area contributed by atoms with Crippen LogP contribution < -0.4 is 5.73 Å². The van der Waals surface area contributed by atoms with E-state index in [9.17, 15) is 4.57 Å². The van der Waals surface area contributed by atoms with Crippen molar-refractivity contribution in [1.29, 1.82) is 0 Å². The standard InChI is InChI=1S/C4H12NO4P/c1-2-4(5,3-6)10(7,8)9/h6H,2-3,5H2,1H3,(H2,7,8,9). The van der Waals surface area contributed by atoms with Gasteiger partial charge >= 0.3 is 7.60 Å². The number of rotatable bonds is 3. The van der Waals surface area contributed by atoms with Gasteiger partial charge in [-0.05, 0) is 6.42 Å². The minimum absolute atomic E-state index is 0.0494. The maximum atomic E-state index is 10.5. The number of aliphatic hydroxyl groups is 1. The second-order valence-electron chi connectivity index (χ2n) is 2.16. The first-order chi connectivity index (χ1) is 4.37. The van der Waals surface area contributed by atoms with Crippen molar-refractivity contribution in [2.24, 2.45) is 5.73 Å². The van der Waals surface area contributed by atoms with Crippen LogP contribution in [0.25, 0.3) is 0 Å². The maximum Gasteiger partial charge on any atom is 0.347 e. The molecule has 5 N–H and O–H groups in total. The minimum Gasteiger partial charge on any atom is -0.394 e. The van der Waals surface area contributed by atoms with Crippen molar-refractivity contribution in [2.75, 3.05) is 6.61 Å². The molecular formula is C4H12NO4P. The van der Waals surface area contributed by atoms with Gasteiger partial charge in [0.25, 0.3) is 0 Å². The lowest BCUT2D eigenvalue weighted by Crippen LogP contribution is -2.42. The second-order valence-corrected chi connectivity index (χ2v) is 4.14. The van der Waals surface area contributed by atoms with Gasteiger partial charge in [0.2, 0.25) is 0 Å². The predicted octanol–water partition coefficient (Wildman–Crippen LogP) is -0.779. The zero-order valence-electron chi connectivity index (χ0n) is 5.69. The van der Waals surface area contributed by atoms with Gasteiger partial charge in [0, 0.05) is 0 Å². The van der Waals surface area contributed by atoms with Gasteiger partial charge in [0.1, 0.15) is 5.28 Å². The van der Waals surface area contributed by atoms with E-state index >= 15 is 0 Å². The van der Waals surface area contributed by atoms with Crippen LogP contribution in [-0.4, -0.2) is 26.8 Å². The third-order valence-corrected chi connectivity index (χ3v) is 3.08. The molecule has 62 valence electrons. The average Bonchev–Trinajstić information content (AvgIpc) is 1.84. The summed E-state index contributed by atoms with van der Waals surface area (Å²) in [6.07, 6.45) is 0.0494. The fourth-order valence-electron chi connectivity index (χ4n) is 0.410. The topological polar surface area (TPSA) is 104 Å². The first-order valence-electron chi connectivity index (χ1n) is 2.83.